The zero-order valence-electron chi connectivity index (χ0n) is 14.4. The smallest absolute Gasteiger partial charge is 0.265 e. The molecule has 130 valence electrons. The summed E-state index contributed by atoms with van der Waals surface area (Å²) in [5.74, 6) is 1.17. The summed E-state index contributed by atoms with van der Waals surface area (Å²) in [5.41, 5.74) is 0.687. The van der Waals surface area contributed by atoms with Crippen LogP contribution in [0.5, 0.6) is 11.5 Å². The van der Waals surface area contributed by atoms with Gasteiger partial charge in [-0.25, -0.2) is 0 Å². The molecule has 1 aromatic carbocycles. The number of nitrogens with zero attached hydrogens (tertiary/aromatic N) is 1. The Labute approximate surface area is 147 Å². The number of nitrogens with one attached hydrogen (secondary N) is 1. The average molecular weight is 348 g/mol. The van der Waals surface area contributed by atoms with E-state index in [0.717, 1.165) is 19.6 Å². The predicted molar refractivity (Wildman–Crippen MR) is 98.5 cm³/mol. The van der Waals surface area contributed by atoms with Gasteiger partial charge in [0, 0.05) is 18.3 Å². The maximum atomic E-state index is 12.1. The Bertz CT molecular complexity index is 640. The minimum atomic E-state index is -0.121. The van der Waals surface area contributed by atoms with Gasteiger partial charge in [0.15, 0.2) is 11.5 Å². The van der Waals surface area contributed by atoms with Crippen LogP contribution in [0.1, 0.15) is 23.5 Å². The molecular weight excluding hydrogens is 324 g/mol. The van der Waals surface area contributed by atoms with Crippen molar-refractivity contribution in [3.8, 4) is 11.5 Å². The molecule has 1 amide bonds. The number of hydrogen-bond acceptors (Lipinski definition) is 5. The standard InChI is InChI=1S/C18H24N2O3S/c1-4-20(5-2)10-11-23-16-13-14(8-9-15(16)22-3)19-18(21)17-7-6-12-24-17/h6-9,12-13H,4-5,10-11H2,1-3H3,(H,19,21). The van der Waals surface area contributed by atoms with Gasteiger partial charge < -0.3 is 19.7 Å². The minimum Gasteiger partial charge on any atom is -0.493 e. The van der Waals surface area contributed by atoms with Crippen LogP contribution in [0.4, 0.5) is 5.69 Å². The maximum absolute atomic E-state index is 12.1. The molecule has 0 aliphatic rings. The second-order valence-corrected chi connectivity index (χ2v) is 6.12. The summed E-state index contributed by atoms with van der Waals surface area (Å²) >= 11 is 1.41. The molecule has 0 aliphatic heterocycles. The molecular formula is C18H24N2O3S. The largest absolute Gasteiger partial charge is 0.493 e. The van der Waals surface area contributed by atoms with Crippen LogP contribution in [0.2, 0.25) is 0 Å². The number of rotatable bonds is 9. The van der Waals surface area contributed by atoms with Gasteiger partial charge in [-0.1, -0.05) is 19.9 Å². The number of thiophene rings is 1. The fourth-order valence-corrected chi connectivity index (χ4v) is 2.91. The molecule has 0 saturated heterocycles. The van der Waals surface area contributed by atoms with Gasteiger partial charge in [-0.05, 0) is 36.7 Å². The van der Waals surface area contributed by atoms with Crippen LogP contribution >= 0.6 is 11.3 Å². The van der Waals surface area contributed by atoms with E-state index in [1.54, 1.807) is 25.3 Å². The first-order valence-corrected chi connectivity index (χ1v) is 8.94. The van der Waals surface area contributed by atoms with E-state index in [1.165, 1.54) is 11.3 Å². The summed E-state index contributed by atoms with van der Waals surface area (Å²) in [5, 5.41) is 4.76. The summed E-state index contributed by atoms with van der Waals surface area (Å²) in [4.78, 5) is 15.1. The van der Waals surface area contributed by atoms with E-state index < -0.39 is 0 Å². The molecule has 5 nitrogen and oxygen atoms in total. The van der Waals surface area contributed by atoms with Crippen LogP contribution in [0.15, 0.2) is 35.7 Å². The summed E-state index contributed by atoms with van der Waals surface area (Å²) in [6, 6.07) is 9.06. The van der Waals surface area contributed by atoms with Crippen LogP contribution in [-0.4, -0.2) is 44.2 Å². The van der Waals surface area contributed by atoms with E-state index in [0.29, 0.717) is 28.7 Å². The second-order valence-electron chi connectivity index (χ2n) is 5.17. The van der Waals surface area contributed by atoms with Crippen molar-refractivity contribution in [3.63, 3.8) is 0 Å². The lowest BCUT2D eigenvalue weighted by Gasteiger charge is -2.19. The maximum Gasteiger partial charge on any atom is 0.265 e. The Hall–Kier alpha value is -2.05. The number of carbonyl (C=O) groups is 1. The van der Waals surface area contributed by atoms with E-state index in [1.807, 2.05) is 17.5 Å². The molecule has 0 aliphatic carbocycles. The van der Waals surface area contributed by atoms with Crippen LogP contribution < -0.4 is 14.8 Å². The van der Waals surface area contributed by atoms with E-state index in [9.17, 15) is 4.79 Å². The first-order valence-electron chi connectivity index (χ1n) is 8.06. The van der Waals surface area contributed by atoms with Gasteiger partial charge in [0.1, 0.15) is 6.61 Å². The van der Waals surface area contributed by atoms with Gasteiger partial charge in [-0.15, -0.1) is 11.3 Å². The topological polar surface area (TPSA) is 50.8 Å². The van der Waals surface area contributed by atoms with E-state index in [4.69, 9.17) is 9.47 Å². The Morgan fingerprint density at radius 2 is 2.00 bits per heavy atom. The third-order valence-electron chi connectivity index (χ3n) is 3.73. The fourth-order valence-electron chi connectivity index (χ4n) is 2.29. The molecule has 0 atom stereocenters. The van der Waals surface area contributed by atoms with Crippen molar-refractivity contribution in [3.05, 3.63) is 40.6 Å². The molecule has 0 fully saturated rings. The molecule has 0 unspecified atom stereocenters. The van der Waals surface area contributed by atoms with Gasteiger partial charge in [0.25, 0.3) is 5.91 Å². The summed E-state index contributed by atoms with van der Waals surface area (Å²) in [7, 11) is 1.61. The lowest BCUT2D eigenvalue weighted by molar-refractivity contribution is 0.103. The Morgan fingerprint density at radius 3 is 2.62 bits per heavy atom. The normalized spacial score (nSPS) is 10.7. The molecule has 2 rings (SSSR count). The van der Waals surface area contributed by atoms with Crippen molar-refractivity contribution in [1.82, 2.24) is 4.90 Å². The molecule has 0 bridgehead atoms. The quantitative estimate of drug-likeness (QED) is 0.750. The molecule has 2 aromatic rings. The van der Waals surface area contributed by atoms with Gasteiger partial charge in [-0.3, -0.25) is 4.79 Å². The first kappa shape index (κ1) is 18.3. The lowest BCUT2D eigenvalue weighted by Crippen LogP contribution is -2.28. The molecule has 0 saturated carbocycles. The second kappa shape index (κ2) is 9.30. The molecule has 24 heavy (non-hydrogen) atoms. The predicted octanol–water partition coefficient (Wildman–Crippen LogP) is 3.73. The number of benzene rings is 1. The SMILES string of the molecule is CCN(CC)CCOc1cc(NC(=O)c2cccs2)ccc1OC. The molecule has 1 aromatic heterocycles. The van der Waals surface area contributed by atoms with Gasteiger partial charge in [-0.2, -0.15) is 0 Å². The van der Waals surface area contributed by atoms with Crippen molar-refractivity contribution in [2.24, 2.45) is 0 Å². The van der Waals surface area contributed by atoms with Crippen LogP contribution in [0, 0.1) is 0 Å². The number of methoxy groups -OCH3 is 1. The number of carbonyl (C=O) groups excluding carboxylic acids is 1. The van der Waals surface area contributed by atoms with Crippen molar-refractivity contribution in [2.45, 2.75) is 13.8 Å². The average Bonchev–Trinajstić information content (AvgIpc) is 3.14. The summed E-state index contributed by atoms with van der Waals surface area (Å²) in [6.07, 6.45) is 0. The van der Waals surface area contributed by atoms with E-state index in [2.05, 4.69) is 24.1 Å². The highest BCUT2D eigenvalue weighted by atomic mass is 32.1. The highest BCUT2D eigenvalue weighted by molar-refractivity contribution is 7.12. The Morgan fingerprint density at radius 1 is 1.21 bits per heavy atom. The van der Waals surface area contributed by atoms with E-state index >= 15 is 0 Å². The minimum absolute atomic E-state index is 0.121. The third-order valence-corrected chi connectivity index (χ3v) is 4.59. The summed E-state index contributed by atoms with van der Waals surface area (Å²) < 4.78 is 11.2. The number of amides is 1. The highest BCUT2D eigenvalue weighted by Crippen LogP contribution is 2.30. The van der Waals surface area contributed by atoms with E-state index in [-0.39, 0.29) is 5.91 Å². The Kier molecular flexibility index (Phi) is 7.08. The number of ether oxygens (including phenoxy) is 2. The molecule has 6 heteroatoms. The zero-order valence-corrected chi connectivity index (χ0v) is 15.2. The van der Waals surface area contributed by atoms with Crippen molar-refractivity contribution in [1.29, 1.82) is 0 Å². The van der Waals surface area contributed by atoms with Crippen LogP contribution in [-0.2, 0) is 0 Å². The third kappa shape index (κ3) is 4.97. The van der Waals surface area contributed by atoms with Gasteiger partial charge in [0.2, 0.25) is 0 Å². The summed E-state index contributed by atoms with van der Waals surface area (Å²) in [6.45, 7) is 7.67. The van der Waals surface area contributed by atoms with Crippen molar-refractivity contribution < 1.29 is 14.3 Å². The highest BCUT2D eigenvalue weighted by Gasteiger charge is 2.11. The number of hydrogen-bond donors (Lipinski definition) is 1. The molecule has 1 heterocycles. The fraction of sp³-hybridized carbons (Fsp3) is 0.389. The van der Waals surface area contributed by atoms with Crippen LogP contribution in [0.25, 0.3) is 0 Å². The van der Waals surface area contributed by atoms with Crippen LogP contribution in [0.3, 0.4) is 0 Å². The Balaban J connectivity index is 2.02. The van der Waals surface area contributed by atoms with Crippen molar-refractivity contribution >= 4 is 22.9 Å². The monoisotopic (exact) mass is 348 g/mol. The number of anilines is 1. The van der Waals surface area contributed by atoms with Gasteiger partial charge in [0.05, 0.1) is 12.0 Å². The lowest BCUT2D eigenvalue weighted by atomic mass is 10.2. The van der Waals surface area contributed by atoms with Crippen molar-refractivity contribution in [2.75, 3.05) is 38.7 Å². The zero-order chi connectivity index (χ0) is 17.4. The molecule has 0 spiro atoms. The molecule has 0 radical (unpaired) electrons. The first-order chi connectivity index (χ1) is 11.7. The number of likely N-dealkylation sites (N-methyl/N-ethyl adjacent to an activating group) is 1. The van der Waals surface area contributed by atoms with Gasteiger partial charge >= 0.3 is 0 Å². The molecule has 1 N–H and O–H groups in total.